The van der Waals surface area contributed by atoms with E-state index in [1.54, 1.807) is 0 Å². The van der Waals surface area contributed by atoms with Gasteiger partial charge in [-0.1, -0.05) is 25.5 Å². The Morgan fingerprint density at radius 2 is 2.03 bits per heavy atom. The number of fused-ring (bicyclic) bond motifs is 5. The highest BCUT2D eigenvalue weighted by molar-refractivity contribution is 5.91. The molecule has 2 N–H and O–H groups in total. The highest BCUT2D eigenvalue weighted by atomic mass is 16.9. The predicted molar refractivity (Wildman–Crippen MR) is 121 cm³/mol. The van der Waals surface area contributed by atoms with Gasteiger partial charge in [-0.15, -0.1) is 10.1 Å². The van der Waals surface area contributed by atoms with Gasteiger partial charge < -0.3 is 19.8 Å². The van der Waals surface area contributed by atoms with Crippen LogP contribution in [0.4, 0.5) is 0 Å². The van der Waals surface area contributed by atoms with Gasteiger partial charge in [-0.25, -0.2) is 0 Å². The van der Waals surface area contributed by atoms with Crippen LogP contribution in [0, 0.1) is 38.7 Å². The summed E-state index contributed by atoms with van der Waals surface area (Å²) in [5.74, 6) is -0.941. The molecular weight excluding hydrogens is 458 g/mol. The lowest BCUT2D eigenvalue weighted by atomic mass is 9.46. The van der Waals surface area contributed by atoms with Crippen LogP contribution in [0.15, 0.2) is 11.6 Å². The summed E-state index contributed by atoms with van der Waals surface area (Å²) < 4.78 is 5.07. The molecule has 0 spiro atoms. The van der Waals surface area contributed by atoms with Crippen molar-refractivity contribution < 1.29 is 39.3 Å². The summed E-state index contributed by atoms with van der Waals surface area (Å²) in [6.07, 6.45) is 4.90. The van der Waals surface area contributed by atoms with E-state index < -0.39 is 40.6 Å². The van der Waals surface area contributed by atoms with Crippen LogP contribution in [-0.2, 0) is 24.0 Å². The van der Waals surface area contributed by atoms with Crippen LogP contribution in [0.2, 0.25) is 0 Å². The Morgan fingerprint density at radius 1 is 1.29 bits per heavy atom. The molecule has 4 aliphatic rings. The molecule has 194 valence electrons. The topological polar surface area (TPSA) is 153 Å². The maximum Gasteiger partial charge on any atom is 0.306 e. The Morgan fingerprint density at radius 3 is 2.74 bits per heavy atom. The lowest BCUT2D eigenvalue weighted by Gasteiger charge is -2.59. The molecule has 3 saturated carbocycles. The number of allylic oxidation sites excluding steroid dienone is 2. The van der Waals surface area contributed by atoms with Crippen molar-refractivity contribution in [3.05, 3.63) is 21.8 Å². The number of aliphatic hydroxyl groups is 2. The van der Waals surface area contributed by atoms with E-state index in [0.29, 0.717) is 32.1 Å². The molecule has 0 aromatic heterocycles. The standard InChI is InChI=1S/C25H35NO9/c1-23-9-7-16(27)12-15(23)5-6-17-18-8-10-25(31,24(18,2)13-19(28)22(17)23)20(29)14-34-21(30)4-3-11-35-26(32)33/h5,17-19,22,28,31H,3-4,6-14H2,1-2H3. The zero-order valence-electron chi connectivity index (χ0n) is 20.4. The average molecular weight is 494 g/mol. The molecule has 0 aliphatic heterocycles. The van der Waals surface area contributed by atoms with Crippen LogP contribution < -0.4 is 0 Å². The molecule has 3 fully saturated rings. The lowest BCUT2D eigenvalue weighted by Crippen LogP contribution is -2.61. The van der Waals surface area contributed by atoms with Gasteiger partial charge in [-0.2, -0.15) is 0 Å². The molecule has 0 bridgehead atoms. The molecule has 0 heterocycles. The minimum absolute atomic E-state index is 0.0204. The fourth-order valence-corrected chi connectivity index (χ4v) is 7.76. The van der Waals surface area contributed by atoms with E-state index in [-0.39, 0.29) is 61.2 Å². The number of carbonyl (C=O) groups is 3. The molecule has 0 radical (unpaired) electrons. The van der Waals surface area contributed by atoms with Crippen molar-refractivity contribution in [3.63, 3.8) is 0 Å². The fourth-order valence-electron chi connectivity index (χ4n) is 7.76. The molecule has 4 aliphatic carbocycles. The number of ketones is 2. The number of nitrogens with zero attached hydrogens (tertiary/aromatic N) is 1. The molecule has 0 amide bonds. The number of esters is 1. The second-order valence-corrected chi connectivity index (χ2v) is 11.2. The summed E-state index contributed by atoms with van der Waals surface area (Å²) in [4.78, 5) is 51.5. The van der Waals surface area contributed by atoms with Crippen LogP contribution in [-0.4, -0.2) is 57.8 Å². The molecule has 7 atom stereocenters. The Labute approximate surface area is 204 Å². The molecule has 35 heavy (non-hydrogen) atoms. The number of carbonyl (C=O) groups excluding carboxylic acids is 3. The van der Waals surface area contributed by atoms with Gasteiger partial charge in [0, 0.05) is 24.7 Å². The van der Waals surface area contributed by atoms with Crippen molar-refractivity contribution in [1.29, 1.82) is 0 Å². The Balaban J connectivity index is 1.45. The number of rotatable bonds is 8. The summed E-state index contributed by atoms with van der Waals surface area (Å²) in [6, 6.07) is 0. The van der Waals surface area contributed by atoms with Crippen LogP contribution in [0.1, 0.15) is 71.6 Å². The number of hydrogen-bond donors (Lipinski definition) is 2. The van der Waals surface area contributed by atoms with E-state index in [1.807, 2.05) is 6.92 Å². The van der Waals surface area contributed by atoms with Crippen molar-refractivity contribution in [2.45, 2.75) is 83.3 Å². The molecule has 7 unspecified atom stereocenters. The normalized spacial score (nSPS) is 40.1. The van der Waals surface area contributed by atoms with Gasteiger partial charge in [-0.3, -0.25) is 14.4 Å². The molecule has 4 rings (SSSR count). The van der Waals surface area contributed by atoms with E-state index in [9.17, 15) is 34.7 Å². The quantitative estimate of drug-likeness (QED) is 0.170. The van der Waals surface area contributed by atoms with Crippen LogP contribution >= 0.6 is 0 Å². The second kappa shape index (κ2) is 9.28. The Bertz CT molecular complexity index is 947. The zero-order chi connectivity index (χ0) is 25.6. The molecule has 0 saturated heterocycles. The second-order valence-electron chi connectivity index (χ2n) is 11.2. The van der Waals surface area contributed by atoms with E-state index in [0.717, 1.165) is 5.57 Å². The number of aliphatic hydroxyl groups excluding tert-OH is 1. The minimum atomic E-state index is -1.72. The minimum Gasteiger partial charge on any atom is -0.458 e. The third-order valence-corrected chi connectivity index (χ3v) is 9.57. The van der Waals surface area contributed by atoms with Crippen LogP contribution in [0.3, 0.4) is 0 Å². The third kappa shape index (κ3) is 4.28. The van der Waals surface area contributed by atoms with Gasteiger partial charge in [0.1, 0.15) is 11.4 Å². The smallest absolute Gasteiger partial charge is 0.306 e. The van der Waals surface area contributed by atoms with Crippen LogP contribution in [0.5, 0.6) is 0 Å². The van der Waals surface area contributed by atoms with Crippen molar-refractivity contribution in [2.24, 2.45) is 28.6 Å². The molecule has 0 aromatic carbocycles. The zero-order valence-corrected chi connectivity index (χ0v) is 20.4. The van der Waals surface area contributed by atoms with Gasteiger partial charge in [0.15, 0.2) is 6.61 Å². The first-order valence-corrected chi connectivity index (χ1v) is 12.5. The summed E-state index contributed by atoms with van der Waals surface area (Å²) in [5.41, 5.74) is -1.71. The van der Waals surface area contributed by atoms with E-state index in [4.69, 9.17) is 4.74 Å². The molecule has 0 aromatic rings. The maximum atomic E-state index is 13.2. The van der Waals surface area contributed by atoms with Gasteiger partial charge in [0.2, 0.25) is 5.78 Å². The lowest BCUT2D eigenvalue weighted by molar-refractivity contribution is -0.757. The SMILES string of the molecule is CC12CCC(=O)CC1=CCC1C2C(O)CC2(C)C1CCC2(O)C(=O)COC(=O)CCCO[N+](=O)[O-]. The highest BCUT2D eigenvalue weighted by Crippen LogP contribution is 2.67. The van der Waals surface area contributed by atoms with Crippen molar-refractivity contribution in [1.82, 2.24) is 0 Å². The van der Waals surface area contributed by atoms with E-state index in [2.05, 4.69) is 17.8 Å². The average Bonchev–Trinajstić information content (AvgIpc) is 3.06. The monoisotopic (exact) mass is 493 g/mol. The number of hydrogen-bond acceptors (Lipinski definition) is 9. The van der Waals surface area contributed by atoms with Gasteiger partial charge in [0.05, 0.1) is 12.7 Å². The van der Waals surface area contributed by atoms with E-state index >= 15 is 0 Å². The first kappa shape index (κ1) is 25.8. The summed E-state index contributed by atoms with van der Waals surface area (Å²) in [6.45, 7) is 3.19. The predicted octanol–water partition coefficient (Wildman–Crippen LogP) is 2.32. The molecule has 10 heteroatoms. The first-order chi connectivity index (χ1) is 16.4. The summed E-state index contributed by atoms with van der Waals surface area (Å²) in [5, 5.41) is 32.2. The van der Waals surface area contributed by atoms with Gasteiger partial charge in [-0.05, 0) is 61.7 Å². The molecular formula is C25H35NO9. The van der Waals surface area contributed by atoms with E-state index in [1.165, 1.54) is 0 Å². The highest BCUT2D eigenvalue weighted by Gasteiger charge is 2.68. The fraction of sp³-hybridized carbons (Fsp3) is 0.800. The Kier molecular flexibility index (Phi) is 6.83. The maximum absolute atomic E-state index is 13.2. The van der Waals surface area contributed by atoms with Crippen LogP contribution in [0.25, 0.3) is 0 Å². The van der Waals surface area contributed by atoms with Crippen molar-refractivity contribution in [2.75, 3.05) is 13.2 Å². The largest absolute Gasteiger partial charge is 0.458 e. The number of ether oxygens (including phenoxy) is 1. The van der Waals surface area contributed by atoms with Gasteiger partial charge in [0.25, 0.3) is 5.09 Å². The first-order valence-electron chi connectivity index (χ1n) is 12.5. The molecule has 10 nitrogen and oxygen atoms in total. The third-order valence-electron chi connectivity index (χ3n) is 9.57. The number of Topliss-reactive ketones (excluding diaryl/α,β-unsaturated/α-hetero) is 2. The Hall–Kier alpha value is -2.33. The van der Waals surface area contributed by atoms with Crippen molar-refractivity contribution in [3.8, 4) is 0 Å². The van der Waals surface area contributed by atoms with Crippen molar-refractivity contribution >= 4 is 17.5 Å². The van der Waals surface area contributed by atoms with Gasteiger partial charge >= 0.3 is 5.97 Å². The summed E-state index contributed by atoms with van der Waals surface area (Å²) in [7, 11) is 0. The summed E-state index contributed by atoms with van der Waals surface area (Å²) >= 11 is 0.